The van der Waals surface area contributed by atoms with E-state index in [0.29, 0.717) is 34.3 Å². The molecule has 1 fully saturated rings. The van der Waals surface area contributed by atoms with Crippen molar-refractivity contribution in [2.45, 2.75) is 32.6 Å². The topological polar surface area (TPSA) is 111 Å². The average Bonchev–Trinajstić information content (AvgIpc) is 3.41. The normalized spacial score (nSPS) is 16.9. The maximum Gasteiger partial charge on any atom is 0.260 e. The molecule has 0 saturated heterocycles. The minimum absolute atomic E-state index is 0.0411. The van der Waals surface area contributed by atoms with E-state index in [1.807, 2.05) is 13.0 Å². The summed E-state index contributed by atoms with van der Waals surface area (Å²) in [5.41, 5.74) is 8.72. The van der Waals surface area contributed by atoms with E-state index in [1.165, 1.54) is 12.4 Å². The Kier molecular flexibility index (Phi) is 5.41. The Hall–Kier alpha value is -3.75. The predicted octanol–water partition coefficient (Wildman–Crippen LogP) is 4.12. The quantitative estimate of drug-likeness (QED) is 0.562. The van der Waals surface area contributed by atoms with Crippen LogP contribution in [0.2, 0.25) is 0 Å². The molecule has 1 amide bonds. The van der Waals surface area contributed by atoms with E-state index in [1.54, 1.807) is 31.3 Å². The highest BCUT2D eigenvalue weighted by molar-refractivity contribution is 5.98. The maximum atomic E-state index is 13.2. The number of nitrogens with two attached hydrogens (primary N) is 1. The van der Waals surface area contributed by atoms with Crippen molar-refractivity contribution in [2.75, 3.05) is 5.32 Å². The molecule has 1 aliphatic rings. The van der Waals surface area contributed by atoms with Crippen LogP contribution in [-0.2, 0) is 4.79 Å². The number of aryl methyl sites for hydroxylation is 1. The number of rotatable bonds is 6. The molecule has 32 heavy (non-hydrogen) atoms. The second-order valence-electron chi connectivity index (χ2n) is 7.71. The molecule has 4 rings (SSSR count). The van der Waals surface area contributed by atoms with E-state index in [2.05, 4.69) is 20.3 Å². The van der Waals surface area contributed by atoms with Crippen molar-refractivity contribution in [1.82, 2.24) is 15.0 Å². The van der Waals surface area contributed by atoms with E-state index in [9.17, 15) is 18.4 Å². The van der Waals surface area contributed by atoms with Crippen LogP contribution >= 0.6 is 0 Å². The molecule has 0 aliphatic heterocycles. The number of hydrogen-bond acceptors (Lipinski definition) is 6. The summed E-state index contributed by atoms with van der Waals surface area (Å²) in [7, 11) is 0. The molecule has 0 aromatic carbocycles. The predicted molar refractivity (Wildman–Crippen MR) is 117 cm³/mol. The third kappa shape index (κ3) is 4.05. The van der Waals surface area contributed by atoms with Crippen LogP contribution in [0.4, 0.5) is 14.6 Å². The summed E-state index contributed by atoms with van der Waals surface area (Å²) in [6.07, 6.45) is 6.00. The molecule has 3 heterocycles. The molecule has 3 N–H and O–H groups in total. The number of fused-ring (bicyclic) bond motifs is 1. The fourth-order valence-electron chi connectivity index (χ4n) is 3.47. The maximum absolute atomic E-state index is 13.2. The number of carbonyl (C=O) groups is 2. The Morgan fingerprint density at radius 3 is 2.62 bits per heavy atom. The Morgan fingerprint density at radius 1 is 1.25 bits per heavy atom. The molecule has 7 nitrogen and oxygen atoms in total. The van der Waals surface area contributed by atoms with Gasteiger partial charge in [0.1, 0.15) is 17.4 Å². The standard InChI is InChI=1S/C23H21F2N5O2/c1-3-20(31)19-6-12(2)15(11-27-19)18-7-13-10-28-21(8-14(13)17(29-18)4-5-26)30-22(32)16-9-23(16,24)25/h4-8,10-11,16H,3,9,26H2,1-2H3,(H,28,30,32)/b5-4-. The molecule has 1 aliphatic carbocycles. The third-order valence-corrected chi connectivity index (χ3v) is 5.39. The minimum Gasteiger partial charge on any atom is -0.405 e. The van der Waals surface area contributed by atoms with Crippen LogP contribution in [0.25, 0.3) is 28.1 Å². The van der Waals surface area contributed by atoms with Gasteiger partial charge >= 0.3 is 0 Å². The minimum atomic E-state index is -2.95. The van der Waals surface area contributed by atoms with Gasteiger partial charge in [0.05, 0.1) is 11.4 Å². The SMILES string of the molecule is CCC(=O)c1cc(C)c(-c2cc3cnc(NC(=O)C4CC4(F)F)cc3c(/C=C\N)n2)cn1. The molecule has 3 aromatic heterocycles. The molecule has 1 unspecified atom stereocenters. The van der Waals surface area contributed by atoms with Gasteiger partial charge in [-0.3, -0.25) is 14.6 Å². The Balaban J connectivity index is 1.72. The summed E-state index contributed by atoms with van der Waals surface area (Å²) in [5, 5.41) is 3.80. The first-order valence-corrected chi connectivity index (χ1v) is 10.1. The number of aromatic nitrogens is 3. The number of pyridine rings is 3. The van der Waals surface area contributed by atoms with Crippen LogP contribution in [0.15, 0.2) is 36.8 Å². The van der Waals surface area contributed by atoms with Crippen LogP contribution in [0.1, 0.15) is 41.5 Å². The molecular formula is C23H21F2N5O2. The first kappa shape index (κ1) is 21.5. The van der Waals surface area contributed by atoms with Crippen LogP contribution in [0.5, 0.6) is 0 Å². The number of halogens is 2. The Morgan fingerprint density at radius 2 is 2.00 bits per heavy atom. The number of nitrogens with zero attached hydrogens (tertiary/aromatic N) is 3. The number of Topliss-reactive ketones (excluding diaryl/α,β-unsaturated/α-hetero) is 1. The van der Waals surface area contributed by atoms with E-state index < -0.39 is 24.2 Å². The largest absolute Gasteiger partial charge is 0.405 e. The fraction of sp³-hybridized carbons (Fsp3) is 0.261. The summed E-state index contributed by atoms with van der Waals surface area (Å²) in [6, 6.07) is 5.12. The highest BCUT2D eigenvalue weighted by atomic mass is 19.3. The lowest BCUT2D eigenvalue weighted by Gasteiger charge is -2.11. The van der Waals surface area contributed by atoms with E-state index in [-0.39, 0.29) is 11.6 Å². The van der Waals surface area contributed by atoms with Gasteiger partial charge in [0, 0.05) is 41.6 Å². The summed E-state index contributed by atoms with van der Waals surface area (Å²) in [6.45, 7) is 3.65. The number of carbonyl (C=O) groups excluding carboxylic acids is 2. The van der Waals surface area contributed by atoms with Gasteiger partial charge in [-0.25, -0.2) is 18.7 Å². The van der Waals surface area contributed by atoms with E-state index in [0.717, 1.165) is 11.1 Å². The zero-order chi connectivity index (χ0) is 23.0. The number of alkyl halides is 2. The van der Waals surface area contributed by atoms with Gasteiger partial charge < -0.3 is 11.1 Å². The van der Waals surface area contributed by atoms with Gasteiger partial charge in [-0.2, -0.15) is 0 Å². The molecular weight excluding hydrogens is 416 g/mol. The van der Waals surface area contributed by atoms with Gasteiger partial charge in [0.15, 0.2) is 5.78 Å². The molecule has 3 aromatic rings. The molecule has 0 radical (unpaired) electrons. The third-order valence-electron chi connectivity index (χ3n) is 5.39. The highest BCUT2D eigenvalue weighted by Gasteiger charge is 2.61. The van der Waals surface area contributed by atoms with Gasteiger partial charge in [-0.05, 0) is 43.0 Å². The van der Waals surface area contributed by atoms with E-state index >= 15 is 0 Å². The Bertz CT molecular complexity index is 1270. The molecule has 0 spiro atoms. The first-order chi connectivity index (χ1) is 15.2. The monoisotopic (exact) mass is 437 g/mol. The highest BCUT2D eigenvalue weighted by Crippen LogP contribution is 2.49. The van der Waals surface area contributed by atoms with Crippen LogP contribution in [0, 0.1) is 12.8 Å². The second-order valence-corrected chi connectivity index (χ2v) is 7.71. The number of anilines is 1. The lowest BCUT2D eigenvalue weighted by Crippen LogP contribution is -2.18. The van der Waals surface area contributed by atoms with Crippen molar-refractivity contribution in [1.29, 1.82) is 0 Å². The van der Waals surface area contributed by atoms with Crippen molar-refractivity contribution < 1.29 is 18.4 Å². The lowest BCUT2D eigenvalue weighted by atomic mass is 10.0. The second kappa shape index (κ2) is 8.07. The summed E-state index contributed by atoms with van der Waals surface area (Å²) >= 11 is 0. The van der Waals surface area contributed by atoms with Gasteiger partial charge in [0.25, 0.3) is 5.92 Å². The van der Waals surface area contributed by atoms with Crippen LogP contribution in [0.3, 0.4) is 0 Å². The van der Waals surface area contributed by atoms with E-state index in [4.69, 9.17) is 5.73 Å². The fourth-order valence-corrected chi connectivity index (χ4v) is 3.47. The molecule has 9 heteroatoms. The van der Waals surface area contributed by atoms with Crippen molar-refractivity contribution in [3.8, 4) is 11.3 Å². The summed E-state index contributed by atoms with van der Waals surface area (Å²) in [4.78, 5) is 37.0. The average molecular weight is 437 g/mol. The Labute approximate surface area is 182 Å². The van der Waals surface area contributed by atoms with Gasteiger partial charge in [-0.15, -0.1) is 0 Å². The molecule has 0 bridgehead atoms. The summed E-state index contributed by atoms with van der Waals surface area (Å²) < 4.78 is 26.3. The number of nitrogens with one attached hydrogen (secondary N) is 1. The van der Waals surface area contributed by atoms with Crippen molar-refractivity contribution in [2.24, 2.45) is 11.7 Å². The number of ketones is 1. The smallest absolute Gasteiger partial charge is 0.260 e. The molecule has 1 saturated carbocycles. The van der Waals surface area contributed by atoms with Crippen LogP contribution in [-0.4, -0.2) is 32.6 Å². The van der Waals surface area contributed by atoms with Crippen LogP contribution < -0.4 is 11.1 Å². The zero-order valence-corrected chi connectivity index (χ0v) is 17.5. The molecule has 1 atom stereocenters. The lowest BCUT2D eigenvalue weighted by molar-refractivity contribution is -0.119. The van der Waals surface area contributed by atoms with Crippen molar-refractivity contribution in [3.63, 3.8) is 0 Å². The van der Waals surface area contributed by atoms with Crippen molar-refractivity contribution in [3.05, 3.63) is 53.7 Å². The zero-order valence-electron chi connectivity index (χ0n) is 17.5. The summed E-state index contributed by atoms with van der Waals surface area (Å²) in [5.74, 6) is -4.91. The van der Waals surface area contributed by atoms with Gasteiger partial charge in [0.2, 0.25) is 5.91 Å². The number of amides is 1. The number of hydrogen-bond donors (Lipinski definition) is 2. The van der Waals surface area contributed by atoms with Crippen molar-refractivity contribution >= 4 is 34.4 Å². The molecule has 164 valence electrons. The van der Waals surface area contributed by atoms with Gasteiger partial charge in [-0.1, -0.05) is 6.92 Å². The first-order valence-electron chi connectivity index (χ1n) is 10.1.